The Kier molecular flexibility index (Phi) is 9.39. The van der Waals surface area contributed by atoms with Gasteiger partial charge in [-0.25, -0.2) is 9.97 Å². The minimum atomic E-state index is 0.554. The van der Waals surface area contributed by atoms with E-state index in [1.54, 1.807) is 0 Å². The fraction of sp³-hybridized carbons (Fsp3) is 0. The molecule has 0 amide bonds. The van der Waals surface area contributed by atoms with Crippen LogP contribution in [-0.2, 0) is 0 Å². The first-order chi connectivity index (χ1) is 33.7. The first-order valence-corrected chi connectivity index (χ1v) is 22.9. The summed E-state index contributed by atoms with van der Waals surface area (Å²) in [5.41, 5.74) is 15.6. The summed E-state index contributed by atoms with van der Waals surface area (Å²) in [6.07, 6.45) is 0. The van der Waals surface area contributed by atoms with Gasteiger partial charge < -0.3 is 4.57 Å². The van der Waals surface area contributed by atoms with Crippen molar-refractivity contribution in [2.75, 3.05) is 0 Å². The van der Waals surface area contributed by atoms with Crippen LogP contribution in [0.25, 0.3) is 123 Å². The highest BCUT2D eigenvalue weighted by atomic mass is 15.2. The zero-order chi connectivity index (χ0) is 45.0. The summed E-state index contributed by atoms with van der Waals surface area (Å²) in [6, 6.07) is 85.2. The Morgan fingerprint density at radius 1 is 0.235 bits per heavy atom. The van der Waals surface area contributed by atoms with E-state index in [0.717, 1.165) is 94.4 Å². The van der Waals surface area contributed by atoms with E-state index in [0.29, 0.717) is 17.6 Å². The molecule has 4 aromatic heterocycles. The molecule has 0 N–H and O–H groups in total. The van der Waals surface area contributed by atoms with Gasteiger partial charge in [0.2, 0.25) is 5.95 Å². The summed E-state index contributed by atoms with van der Waals surface area (Å²) in [4.78, 5) is 20.9. The maximum atomic E-state index is 5.33. The molecule has 9 aromatic carbocycles. The molecule has 68 heavy (non-hydrogen) atoms. The summed E-state index contributed by atoms with van der Waals surface area (Å²) in [7, 11) is 0. The number of rotatable bonds is 8. The molecule has 0 aliphatic carbocycles. The van der Waals surface area contributed by atoms with E-state index in [1.165, 1.54) is 10.8 Å². The molecule has 318 valence electrons. The monoisotopic (exact) mass is 868 g/mol. The largest absolute Gasteiger partial charge is 0.309 e. The van der Waals surface area contributed by atoms with Crippen molar-refractivity contribution >= 4 is 43.6 Å². The third-order valence-electron chi connectivity index (χ3n) is 13.0. The number of hydrogen-bond acceptors (Lipinski definition) is 4. The Bertz CT molecular complexity index is 3930. The predicted molar refractivity (Wildman–Crippen MR) is 279 cm³/mol. The third kappa shape index (κ3) is 6.82. The summed E-state index contributed by atoms with van der Waals surface area (Å²) < 4.78 is 4.60. The Morgan fingerprint density at radius 2 is 0.691 bits per heavy atom. The molecule has 0 fully saturated rings. The molecule has 0 saturated heterocycles. The molecule has 0 aliphatic heterocycles. The first kappa shape index (κ1) is 39.1. The molecule has 0 aliphatic rings. The Morgan fingerprint density at radius 3 is 1.29 bits per heavy atom. The second kappa shape index (κ2) is 16.3. The van der Waals surface area contributed by atoms with Crippen molar-refractivity contribution in [1.29, 1.82) is 0 Å². The van der Waals surface area contributed by atoms with Crippen LogP contribution in [0.3, 0.4) is 0 Å². The predicted octanol–water partition coefficient (Wildman–Crippen LogP) is 15.5. The number of fused-ring (bicyclic) bond motifs is 6. The van der Waals surface area contributed by atoms with Gasteiger partial charge in [-0.2, -0.15) is 9.97 Å². The number of aromatic nitrogens is 6. The molecule has 0 unspecified atom stereocenters. The van der Waals surface area contributed by atoms with Gasteiger partial charge in [-0.1, -0.05) is 188 Å². The van der Waals surface area contributed by atoms with Gasteiger partial charge in [-0.05, 0) is 76.9 Å². The van der Waals surface area contributed by atoms with Crippen molar-refractivity contribution in [1.82, 2.24) is 29.1 Å². The molecule has 0 saturated carbocycles. The smallest absolute Gasteiger partial charge is 0.238 e. The van der Waals surface area contributed by atoms with Crippen molar-refractivity contribution in [2.45, 2.75) is 0 Å². The van der Waals surface area contributed by atoms with Gasteiger partial charge in [0.05, 0.1) is 33.5 Å². The lowest BCUT2D eigenvalue weighted by atomic mass is 10.00. The van der Waals surface area contributed by atoms with Gasteiger partial charge in [-0.3, -0.25) is 4.57 Å². The molecule has 6 heteroatoms. The number of nitrogens with zero attached hydrogens (tertiary/aromatic N) is 6. The van der Waals surface area contributed by atoms with Crippen molar-refractivity contribution in [3.05, 3.63) is 243 Å². The number of pyridine rings is 1. The summed E-state index contributed by atoms with van der Waals surface area (Å²) in [5.74, 6) is 1.77. The molecule has 0 atom stereocenters. The highest BCUT2D eigenvalue weighted by Gasteiger charge is 2.22. The normalized spacial score (nSPS) is 11.5. The fourth-order valence-corrected chi connectivity index (χ4v) is 9.72. The van der Waals surface area contributed by atoms with Gasteiger partial charge in [-0.15, -0.1) is 0 Å². The summed E-state index contributed by atoms with van der Waals surface area (Å²) in [5, 5.41) is 4.61. The lowest BCUT2D eigenvalue weighted by molar-refractivity contribution is 0.953. The van der Waals surface area contributed by atoms with E-state index in [-0.39, 0.29) is 0 Å². The number of para-hydroxylation sites is 2. The Hall–Kier alpha value is -9.26. The molecular weight excluding hydrogens is 829 g/mol. The third-order valence-corrected chi connectivity index (χ3v) is 13.0. The van der Waals surface area contributed by atoms with Crippen LogP contribution in [0, 0.1) is 0 Å². The van der Waals surface area contributed by atoms with Crippen molar-refractivity contribution < 1.29 is 0 Å². The van der Waals surface area contributed by atoms with Crippen LogP contribution in [0.5, 0.6) is 0 Å². The van der Waals surface area contributed by atoms with Crippen LogP contribution < -0.4 is 0 Å². The molecule has 13 rings (SSSR count). The van der Waals surface area contributed by atoms with E-state index >= 15 is 0 Å². The van der Waals surface area contributed by atoms with Crippen molar-refractivity contribution in [3.8, 4) is 79.2 Å². The van der Waals surface area contributed by atoms with Gasteiger partial charge in [0, 0.05) is 49.5 Å². The molecule has 0 radical (unpaired) electrons. The summed E-state index contributed by atoms with van der Waals surface area (Å²) >= 11 is 0. The molecule has 4 heterocycles. The van der Waals surface area contributed by atoms with Gasteiger partial charge in [0.1, 0.15) is 0 Å². The van der Waals surface area contributed by atoms with E-state index < -0.39 is 0 Å². The van der Waals surface area contributed by atoms with E-state index in [9.17, 15) is 0 Å². The Labute approximate surface area is 392 Å². The van der Waals surface area contributed by atoms with E-state index in [2.05, 4.69) is 215 Å². The van der Waals surface area contributed by atoms with Crippen LogP contribution in [0.2, 0.25) is 0 Å². The van der Waals surface area contributed by atoms with E-state index in [4.69, 9.17) is 19.9 Å². The number of hydrogen-bond donors (Lipinski definition) is 0. The van der Waals surface area contributed by atoms with Crippen molar-refractivity contribution in [2.24, 2.45) is 0 Å². The van der Waals surface area contributed by atoms with Crippen LogP contribution in [0.4, 0.5) is 0 Å². The van der Waals surface area contributed by atoms with Crippen LogP contribution in [-0.4, -0.2) is 29.1 Å². The maximum Gasteiger partial charge on any atom is 0.238 e. The summed E-state index contributed by atoms with van der Waals surface area (Å²) in [6.45, 7) is 0. The highest BCUT2D eigenvalue weighted by molar-refractivity contribution is 6.19. The average Bonchev–Trinajstić information content (AvgIpc) is 3.93. The molecule has 6 nitrogen and oxygen atoms in total. The minimum absolute atomic E-state index is 0.554. The minimum Gasteiger partial charge on any atom is -0.309 e. The molecule has 13 aromatic rings. The topological polar surface area (TPSA) is 61.4 Å². The average molecular weight is 869 g/mol. The maximum absolute atomic E-state index is 5.33. The Balaban J connectivity index is 0.998. The quantitative estimate of drug-likeness (QED) is 0.153. The van der Waals surface area contributed by atoms with Gasteiger partial charge >= 0.3 is 0 Å². The molecular formula is C62H40N6. The van der Waals surface area contributed by atoms with Crippen LogP contribution in [0.1, 0.15) is 0 Å². The highest BCUT2D eigenvalue weighted by Crippen LogP contribution is 2.40. The second-order valence-corrected chi connectivity index (χ2v) is 17.1. The van der Waals surface area contributed by atoms with Crippen LogP contribution in [0.15, 0.2) is 243 Å². The lowest BCUT2D eigenvalue weighted by Crippen LogP contribution is -2.06. The van der Waals surface area contributed by atoms with E-state index in [1.807, 2.05) is 36.4 Å². The van der Waals surface area contributed by atoms with Crippen LogP contribution >= 0.6 is 0 Å². The first-order valence-electron chi connectivity index (χ1n) is 22.9. The zero-order valence-electron chi connectivity index (χ0n) is 36.8. The SMILES string of the molecule is c1ccc(-c2cccc(-c3nc(-c4ccccc4)nc(-n4c5ccccc5c5cc6c7ccccc7n(-c7ccc(-c8cc(-c9ccccc9)nc(-c9ccccc9)c8)cc7)c6cc54)n3)c2)cc1. The lowest BCUT2D eigenvalue weighted by Gasteiger charge is -2.13. The zero-order valence-corrected chi connectivity index (χ0v) is 36.8. The van der Waals surface area contributed by atoms with Gasteiger partial charge in [0.25, 0.3) is 0 Å². The standard InChI is InChI=1S/C62H40N6/c1-5-18-41(19-6-1)46-26-17-27-47(36-46)61-64-60(45-24-11-4-12-25-45)65-62(66-61)68-57-31-16-14-29-51(57)53-39-52-50-28-13-15-30-56(50)67(58(52)40-59(53)68)49-34-32-42(33-35-49)48-37-54(43-20-7-2-8-21-43)63-55(38-48)44-22-9-3-10-23-44/h1-40H. The van der Waals surface area contributed by atoms with Crippen molar-refractivity contribution in [3.63, 3.8) is 0 Å². The number of benzene rings is 9. The molecule has 0 spiro atoms. The molecule has 0 bridgehead atoms. The second-order valence-electron chi connectivity index (χ2n) is 17.1. The fourth-order valence-electron chi connectivity index (χ4n) is 9.72. The van der Waals surface area contributed by atoms with Gasteiger partial charge in [0.15, 0.2) is 11.6 Å².